The Bertz CT molecular complexity index is 636. The average Bonchev–Trinajstić information content (AvgIpc) is 2.48. The van der Waals surface area contributed by atoms with Crippen molar-refractivity contribution in [2.75, 3.05) is 0 Å². The van der Waals surface area contributed by atoms with Crippen LogP contribution in [0.5, 0.6) is 5.88 Å². The molecule has 0 radical (unpaired) electrons. The number of fused-ring (bicyclic) bond motifs is 1. The van der Waals surface area contributed by atoms with E-state index < -0.39 is 5.97 Å². The van der Waals surface area contributed by atoms with Crippen molar-refractivity contribution in [1.29, 1.82) is 0 Å². The van der Waals surface area contributed by atoms with Crippen LogP contribution >= 0.6 is 0 Å². The molecule has 2 aromatic rings. The number of benzene rings is 1. The van der Waals surface area contributed by atoms with E-state index in [0.29, 0.717) is 11.4 Å². The number of aromatic carboxylic acids is 1. The highest BCUT2D eigenvalue weighted by atomic mass is 16.5. The number of aromatic nitrogens is 2. The molecule has 1 N–H and O–H groups in total. The van der Waals surface area contributed by atoms with Gasteiger partial charge in [-0.3, -0.25) is 0 Å². The molecule has 1 aromatic carbocycles. The molecule has 1 aromatic heterocycles. The highest BCUT2D eigenvalue weighted by molar-refractivity contribution is 5.89. The quantitative estimate of drug-likeness (QED) is 0.929. The number of rotatable bonds is 3. The van der Waals surface area contributed by atoms with Gasteiger partial charge in [0.05, 0.1) is 10.9 Å². The summed E-state index contributed by atoms with van der Waals surface area (Å²) in [6.07, 6.45) is 5.68. The van der Waals surface area contributed by atoms with Crippen LogP contribution in [0.25, 0.3) is 10.9 Å². The Balaban J connectivity index is 2.00. The minimum atomic E-state index is -1.13. The van der Waals surface area contributed by atoms with Crippen LogP contribution in [0.3, 0.4) is 0 Å². The van der Waals surface area contributed by atoms with Crippen LogP contribution in [-0.2, 0) is 0 Å². The third-order valence-corrected chi connectivity index (χ3v) is 3.59. The lowest BCUT2D eigenvalue weighted by atomic mass is 9.98. The number of carboxylic acid groups (broad SMARTS) is 1. The van der Waals surface area contributed by atoms with Crippen molar-refractivity contribution in [1.82, 2.24) is 9.97 Å². The highest BCUT2D eigenvalue weighted by Crippen LogP contribution is 2.27. The van der Waals surface area contributed by atoms with Crippen LogP contribution < -0.4 is 4.74 Å². The van der Waals surface area contributed by atoms with Crippen LogP contribution in [0.4, 0.5) is 0 Å². The zero-order valence-electron chi connectivity index (χ0n) is 11.1. The van der Waals surface area contributed by atoms with E-state index in [4.69, 9.17) is 9.84 Å². The van der Waals surface area contributed by atoms with Crippen molar-refractivity contribution in [3.05, 3.63) is 30.1 Å². The second-order valence-corrected chi connectivity index (χ2v) is 5.05. The maximum atomic E-state index is 11.1. The normalized spacial score (nSPS) is 16.2. The van der Waals surface area contributed by atoms with E-state index in [9.17, 15) is 4.79 Å². The Hall–Kier alpha value is -2.17. The van der Waals surface area contributed by atoms with E-state index in [0.717, 1.165) is 31.1 Å². The second kappa shape index (κ2) is 5.45. The number of para-hydroxylation sites is 1. The van der Waals surface area contributed by atoms with E-state index in [2.05, 4.69) is 9.97 Å². The minimum Gasteiger partial charge on any atom is -0.475 e. The summed E-state index contributed by atoms with van der Waals surface area (Å²) in [6, 6.07) is 7.33. The van der Waals surface area contributed by atoms with E-state index >= 15 is 0 Å². The Morgan fingerprint density at radius 1 is 1.15 bits per heavy atom. The number of hydrogen-bond donors (Lipinski definition) is 1. The van der Waals surface area contributed by atoms with Crippen LogP contribution in [-0.4, -0.2) is 27.1 Å². The van der Waals surface area contributed by atoms with Gasteiger partial charge in [-0.25, -0.2) is 9.78 Å². The first-order chi connectivity index (χ1) is 9.74. The average molecular weight is 272 g/mol. The van der Waals surface area contributed by atoms with Gasteiger partial charge in [-0.2, -0.15) is 4.98 Å². The molecule has 5 heteroatoms. The van der Waals surface area contributed by atoms with Gasteiger partial charge >= 0.3 is 5.97 Å². The summed E-state index contributed by atoms with van der Waals surface area (Å²) in [4.78, 5) is 19.2. The van der Waals surface area contributed by atoms with Gasteiger partial charge in [0.1, 0.15) is 6.10 Å². The zero-order valence-corrected chi connectivity index (χ0v) is 11.1. The number of carbonyl (C=O) groups is 1. The SMILES string of the molecule is O=C(O)c1nc(OC2CCCCC2)c2ccccc2n1. The fourth-order valence-corrected chi connectivity index (χ4v) is 2.57. The van der Waals surface area contributed by atoms with Gasteiger partial charge in [-0.15, -0.1) is 0 Å². The Morgan fingerprint density at radius 2 is 1.90 bits per heavy atom. The number of carboxylic acids is 1. The van der Waals surface area contributed by atoms with Crippen LogP contribution in [0.1, 0.15) is 42.7 Å². The molecule has 1 heterocycles. The van der Waals surface area contributed by atoms with Crippen LogP contribution in [0, 0.1) is 0 Å². The summed E-state index contributed by atoms with van der Waals surface area (Å²) in [6.45, 7) is 0. The van der Waals surface area contributed by atoms with Crippen LogP contribution in [0.15, 0.2) is 24.3 Å². The Morgan fingerprint density at radius 3 is 2.65 bits per heavy atom. The van der Waals surface area contributed by atoms with Gasteiger partial charge in [-0.05, 0) is 37.8 Å². The standard InChI is InChI=1S/C15H16N2O3/c18-15(19)13-16-12-9-5-4-8-11(12)14(17-13)20-10-6-2-1-3-7-10/h4-5,8-10H,1-3,6-7H2,(H,18,19). The van der Waals surface area contributed by atoms with E-state index in [1.165, 1.54) is 6.42 Å². The first-order valence-electron chi connectivity index (χ1n) is 6.91. The lowest BCUT2D eigenvalue weighted by molar-refractivity contribution is 0.0680. The summed E-state index contributed by atoms with van der Waals surface area (Å²) < 4.78 is 5.94. The Kier molecular flexibility index (Phi) is 3.50. The first-order valence-corrected chi connectivity index (χ1v) is 6.91. The highest BCUT2D eigenvalue weighted by Gasteiger charge is 2.19. The molecule has 0 saturated heterocycles. The summed E-state index contributed by atoms with van der Waals surface area (Å²) in [7, 11) is 0. The zero-order chi connectivity index (χ0) is 13.9. The predicted molar refractivity (Wildman–Crippen MR) is 74.0 cm³/mol. The molecule has 1 saturated carbocycles. The topological polar surface area (TPSA) is 72.3 Å². The molecule has 1 aliphatic carbocycles. The van der Waals surface area contributed by atoms with Crippen molar-refractivity contribution < 1.29 is 14.6 Å². The molecule has 1 aliphatic rings. The lowest BCUT2D eigenvalue weighted by Crippen LogP contribution is -2.21. The van der Waals surface area contributed by atoms with Crippen molar-refractivity contribution in [2.45, 2.75) is 38.2 Å². The number of nitrogens with zero attached hydrogens (tertiary/aromatic N) is 2. The first kappa shape index (κ1) is 12.8. The van der Waals surface area contributed by atoms with Crippen molar-refractivity contribution in [3.8, 4) is 5.88 Å². The van der Waals surface area contributed by atoms with Crippen molar-refractivity contribution >= 4 is 16.9 Å². The monoisotopic (exact) mass is 272 g/mol. The van der Waals surface area contributed by atoms with Gasteiger partial charge in [0.15, 0.2) is 0 Å². The lowest BCUT2D eigenvalue weighted by Gasteiger charge is -2.23. The molecule has 5 nitrogen and oxygen atoms in total. The number of hydrogen-bond acceptors (Lipinski definition) is 4. The summed E-state index contributed by atoms with van der Waals surface area (Å²) in [5, 5.41) is 9.86. The molecule has 0 atom stereocenters. The van der Waals surface area contributed by atoms with E-state index in [-0.39, 0.29) is 11.9 Å². The van der Waals surface area contributed by atoms with E-state index in [1.807, 2.05) is 18.2 Å². The summed E-state index contributed by atoms with van der Waals surface area (Å²) in [5.74, 6) is -0.960. The maximum absolute atomic E-state index is 11.1. The second-order valence-electron chi connectivity index (χ2n) is 5.05. The van der Waals surface area contributed by atoms with E-state index in [1.54, 1.807) is 6.07 Å². The molecule has 0 unspecified atom stereocenters. The predicted octanol–water partition coefficient (Wildman–Crippen LogP) is 3.04. The molecule has 3 rings (SSSR count). The number of ether oxygens (including phenoxy) is 1. The molecule has 104 valence electrons. The molecule has 1 fully saturated rings. The molecular weight excluding hydrogens is 256 g/mol. The van der Waals surface area contributed by atoms with Gasteiger partial charge in [0.2, 0.25) is 11.7 Å². The molecular formula is C15H16N2O3. The minimum absolute atomic E-state index is 0.128. The van der Waals surface area contributed by atoms with Gasteiger partial charge in [0, 0.05) is 0 Å². The molecule has 0 amide bonds. The Labute approximate surface area is 116 Å². The third-order valence-electron chi connectivity index (χ3n) is 3.59. The van der Waals surface area contributed by atoms with Crippen molar-refractivity contribution in [3.63, 3.8) is 0 Å². The van der Waals surface area contributed by atoms with Crippen LogP contribution in [0.2, 0.25) is 0 Å². The summed E-state index contributed by atoms with van der Waals surface area (Å²) >= 11 is 0. The van der Waals surface area contributed by atoms with Gasteiger partial charge in [-0.1, -0.05) is 18.6 Å². The van der Waals surface area contributed by atoms with Gasteiger partial charge < -0.3 is 9.84 Å². The molecule has 0 spiro atoms. The fourth-order valence-electron chi connectivity index (χ4n) is 2.57. The van der Waals surface area contributed by atoms with Crippen molar-refractivity contribution in [2.24, 2.45) is 0 Å². The largest absolute Gasteiger partial charge is 0.475 e. The smallest absolute Gasteiger partial charge is 0.374 e. The fraction of sp³-hybridized carbons (Fsp3) is 0.400. The van der Waals surface area contributed by atoms with Gasteiger partial charge in [0.25, 0.3) is 0 Å². The maximum Gasteiger partial charge on any atom is 0.374 e. The molecule has 0 aliphatic heterocycles. The molecule has 20 heavy (non-hydrogen) atoms. The molecule has 0 bridgehead atoms. The third kappa shape index (κ3) is 2.57. The summed E-state index contributed by atoms with van der Waals surface area (Å²) in [5.41, 5.74) is 0.603.